The Labute approximate surface area is 172 Å². The Balaban J connectivity index is 1.72. The molecule has 0 unspecified atom stereocenters. The summed E-state index contributed by atoms with van der Waals surface area (Å²) in [4.78, 5) is 21.9. The van der Waals surface area contributed by atoms with Crippen molar-refractivity contribution in [2.45, 2.75) is 19.4 Å². The number of methoxy groups -OCH3 is 1. The van der Waals surface area contributed by atoms with E-state index >= 15 is 0 Å². The third kappa shape index (κ3) is 3.73. The topological polar surface area (TPSA) is 168 Å². The number of nitrogen functional groups attached to an aromatic ring is 2. The van der Waals surface area contributed by atoms with Crippen LogP contribution in [0, 0.1) is 5.92 Å². The number of nitrogens with two attached hydrogens (primary N) is 2. The molecule has 1 aliphatic heterocycles. The molecule has 3 aromatic rings. The van der Waals surface area contributed by atoms with Crippen LogP contribution in [-0.2, 0) is 0 Å². The predicted molar refractivity (Wildman–Crippen MR) is 113 cm³/mol. The first-order valence-corrected chi connectivity index (χ1v) is 9.55. The summed E-state index contributed by atoms with van der Waals surface area (Å²) < 4.78 is 5.48. The molecule has 1 aromatic carbocycles. The average molecular weight is 412 g/mol. The van der Waals surface area contributed by atoms with Crippen molar-refractivity contribution in [3.63, 3.8) is 0 Å². The van der Waals surface area contributed by atoms with E-state index in [2.05, 4.69) is 32.4 Å². The number of rotatable bonds is 4. The molecule has 4 rings (SSSR count). The highest BCUT2D eigenvalue weighted by Crippen LogP contribution is 2.35. The summed E-state index contributed by atoms with van der Waals surface area (Å²) in [6.45, 7) is 3.33. The molecule has 0 radical (unpaired) electrons. The molecule has 2 atom stereocenters. The van der Waals surface area contributed by atoms with Crippen LogP contribution in [0.5, 0.6) is 5.75 Å². The Hall–Kier alpha value is -3.76. The van der Waals surface area contributed by atoms with E-state index in [0.717, 1.165) is 24.0 Å². The number of hydrogen-bond acceptors (Lipinski definition) is 8. The van der Waals surface area contributed by atoms with Crippen LogP contribution in [0.2, 0.25) is 0 Å². The molecular formula is C19H24N8O3. The summed E-state index contributed by atoms with van der Waals surface area (Å²) >= 11 is 0. The summed E-state index contributed by atoms with van der Waals surface area (Å²) in [7, 11) is 1.56. The lowest BCUT2D eigenvalue weighted by atomic mass is 9.96. The van der Waals surface area contributed by atoms with E-state index in [9.17, 15) is 4.79 Å². The normalized spacial score (nSPS) is 19.1. The Morgan fingerprint density at radius 3 is 2.83 bits per heavy atom. The second-order valence-electron chi connectivity index (χ2n) is 7.57. The molecule has 0 saturated carbocycles. The number of ether oxygens (including phenoxy) is 1. The van der Waals surface area contributed by atoms with Gasteiger partial charge in [-0.3, -0.25) is 5.10 Å². The van der Waals surface area contributed by atoms with Gasteiger partial charge < -0.3 is 31.5 Å². The monoisotopic (exact) mass is 412 g/mol. The molecule has 7 N–H and O–H groups in total. The minimum Gasteiger partial charge on any atom is -0.496 e. The number of aromatic amines is 1. The van der Waals surface area contributed by atoms with Crippen molar-refractivity contribution in [3.05, 3.63) is 18.2 Å². The molecule has 11 nitrogen and oxygen atoms in total. The Morgan fingerprint density at radius 1 is 1.30 bits per heavy atom. The molecule has 0 spiro atoms. The van der Waals surface area contributed by atoms with Gasteiger partial charge in [0, 0.05) is 24.7 Å². The lowest BCUT2D eigenvalue weighted by molar-refractivity contribution is 0.186. The van der Waals surface area contributed by atoms with E-state index in [1.165, 1.54) is 0 Å². The van der Waals surface area contributed by atoms with Crippen LogP contribution < -0.4 is 26.4 Å². The third-order valence-corrected chi connectivity index (χ3v) is 5.21. The summed E-state index contributed by atoms with van der Waals surface area (Å²) in [6.07, 6.45) is -0.262. The Bertz CT molecular complexity index is 1100. The molecule has 3 heterocycles. The van der Waals surface area contributed by atoms with Gasteiger partial charge in [0.15, 0.2) is 5.82 Å². The van der Waals surface area contributed by atoms with Crippen molar-refractivity contribution in [1.82, 2.24) is 25.5 Å². The number of fused-ring (bicyclic) bond motifs is 1. The van der Waals surface area contributed by atoms with Crippen LogP contribution in [0.1, 0.15) is 13.3 Å². The highest BCUT2D eigenvalue weighted by Gasteiger charge is 2.27. The van der Waals surface area contributed by atoms with Crippen LogP contribution in [-0.4, -0.2) is 57.6 Å². The van der Waals surface area contributed by atoms with Crippen LogP contribution in [0.15, 0.2) is 18.2 Å². The molecule has 11 heteroatoms. The first-order chi connectivity index (χ1) is 14.3. The first kappa shape index (κ1) is 19.6. The molecule has 1 amide bonds. The van der Waals surface area contributed by atoms with E-state index in [0.29, 0.717) is 40.9 Å². The van der Waals surface area contributed by atoms with Crippen LogP contribution in [0.25, 0.3) is 22.2 Å². The highest BCUT2D eigenvalue weighted by atomic mass is 16.5. The summed E-state index contributed by atoms with van der Waals surface area (Å²) in [5, 5.41) is 19.3. The van der Waals surface area contributed by atoms with Crippen LogP contribution >= 0.6 is 0 Å². The Morgan fingerprint density at radius 2 is 2.10 bits per heavy atom. The van der Waals surface area contributed by atoms with Gasteiger partial charge in [0.05, 0.1) is 29.7 Å². The smallest absolute Gasteiger partial charge is 0.404 e. The number of carbonyl (C=O) groups is 1. The number of anilines is 3. The molecule has 30 heavy (non-hydrogen) atoms. The summed E-state index contributed by atoms with van der Waals surface area (Å²) in [5.74, 6) is 2.00. The number of aromatic nitrogens is 4. The minimum absolute atomic E-state index is 0.131. The summed E-state index contributed by atoms with van der Waals surface area (Å²) in [6, 6.07) is 5.36. The minimum atomic E-state index is -1.03. The number of piperidine rings is 1. The lowest BCUT2D eigenvalue weighted by Gasteiger charge is -2.37. The van der Waals surface area contributed by atoms with Gasteiger partial charge in [0.25, 0.3) is 0 Å². The van der Waals surface area contributed by atoms with E-state index in [4.69, 9.17) is 21.3 Å². The Kier molecular flexibility index (Phi) is 4.94. The van der Waals surface area contributed by atoms with E-state index in [-0.39, 0.29) is 12.0 Å². The quantitative estimate of drug-likeness (QED) is 0.428. The number of amides is 1. The zero-order valence-corrected chi connectivity index (χ0v) is 16.7. The number of nitrogens with zero attached hydrogens (tertiary/aromatic N) is 4. The maximum absolute atomic E-state index is 11.1. The largest absolute Gasteiger partial charge is 0.496 e. The molecule has 1 aliphatic rings. The van der Waals surface area contributed by atoms with Gasteiger partial charge in [-0.25, -0.2) is 9.78 Å². The number of hydrogen-bond donors (Lipinski definition) is 5. The second kappa shape index (κ2) is 7.58. The molecule has 1 saturated heterocycles. The van der Waals surface area contributed by atoms with E-state index in [1.54, 1.807) is 7.11 Å². The maximum Gasteiger partial charge on any atom is 0.404 e. The van der Waals surface area contributed by atoms with Crippen LogP contribution in [0.4, 0.5) is 22.4 Å². The SMILES string of the molecule is COc1cc(-c2cc(N3C[C@H](C)C[C@@H](NC(=O)O)C3)nc(N)n2)cc2[nH]nc(N)c12. The third-order valence-electron chi connectivity index (χ3n) is 5.21. The zero-order valence-electron chi connectivity index (χ0n) is 16.7. The highest BCUT2D eigenvalue weighted by molar-refractivity contribution is 5.97. The average Bonchev–Trinajstić information content (AvgIpc) is 3.07. The van der Waals surface area contributed by atoms with E-state index < -0.39 is 6.09 Å². The van der Waals surface area contributed by atoms with Crippen molar-refractivity contribution in [2.24, 2.45) is 5.92 Å². The molecule has 158 valence electrons. The van der Waals surface area contributed by atoms with Gasteiger partial charge in [-0.1, -0.05) is 6.92 Å². The standard InChI is InChI=1S/C19H24N8O3/c1-9-3-11(22-19(28)29)8-27(7-9)15-6-12(23-18(21)24-15)10-4-13-16(14(5-10)30-2)17(20)26-25-13/h4-6,9,11,22H,3,7-8H2,1-2H3,(H,28,29)(H3,20,25,26)(H2,21,23,24)/t9-,11-/m1/s1. The van der Waals surface area contributed by atoms with Crippen molar-refractivity contribution in [2.75, 3.05) is 36.6 Å². The van der Waals surface area contributed by atoms with Crippen molar-refractivity contribution in [3.8, 4) is 17.0 Å². The van der Waals surface area contributed by atoms with Gasteiger partial charge >= 0.3 is 6.09 Å². The van der Waals surface area contributed by atoms with Crippen molar-refractivity contribution < 1.29 is 14.6 Å². The molecule has 0 bridgehead atoms. The maximum atomic E-state index is 11.1. The van der Waals surface area contributed by atoms with Gasteiger partial charge in [0.2, 0.25) is 5.95 Å². The van der Waals surface area contributed by atoms with Gasteiger partial charge in [0.1, 0.15) is 11.6 Å². The number of H-pyrrole nitrogens is 1. The number of benzene rings is 1. The van der Waals surface area contributed by atoms with Crippen molar-refractivity contribution in [1.29, 1.82) is 0 Å². The zero-order chi connectivity index (χ0) is 21.4. The van der Waals surface area contributed by atoms with Gasteiger partial charge in [-0.2, -0.15) is 10.1 Å². The lowest BCUT2D eigenvalue weighted by Crippen LogP contribution is -2.50. The fourth-order valence-electron chi connectivity index (χ4n) is 4.03. The van der Waals surface area contributed by atoms with E-state index in [1.807, 2.05) is 23.1 Å². The number of nitrogens with one attached hydrogen (secondary N) is 2. The van der Waals surface area contributed by atoms with Gasteiger partial charge in [-0.05, 0) is 24.5 Å². The second-order valence-corrected chi connectivity index (χ2v) is 7.57. The molecule has 2 aromatic heterocycles. The fourth-order valence-corrected chi connectivity index (χ4v) is 4.03. The molecule has 0 aliphatic carbocycles. The first-order valence-electron chi connectivity index (χ1n) is 9.55. The molecule has 1 fully saturated rings. The predicted octanol–water partition coefficient (Wildman–Crippen LogP) is 1.68. The van der Waals surface area contributed by atoms with Crippen LogP contribution in [0.3, 0.4) is 0 Å². The van der Waals surface area contributed by atoms with Gasteiger partial charge in [-0.15, -0.1) is 0 Å². The summed E-state index contributed by atoms with van der Waals surface area (Å²) in [5.41, 5.74) is 14.0. The van der Waals surface area contributed by atoms with Crippen molar-refractivity contribution >= 4 is 34.6 Å². The number of carboxylic acid groups (broad SMARTS) is 1. The molecular weight excluding hydrogens is 388 g/mol. The fraction of sp³-hybridized carbons (Fsp3) is 0.368.